The molecule has 0 amide bonds. The van der Waals surface area contributed by atoms with Gasteiger partial charge in [-0.15, -0.1) is 0 Å². The molecule has 1 saturated heterocycles. The number of hydrogen-bond donors (Lipinski definition) is 2. The Hall–Kier alpha value is -1.02. The van der Waals surface area contributed by atoms with E-state index >= 15 is 0 Å². The molecule has 0 spiro atoms. The number of nitrogens with one attached hydrogen (secondary N) is 1. The van der Waals surface area contributed by atoms with Gasteiger partial charge in [-0.05, 0) is 61.5 Å². The van der Waals surface area contributed by atoms with Crippen molar-refractivity contribution in [3.8, 4) is 5.75 Å². The minimum atomic E-state index is 0.419. The number of piperidine rings is 1. The number of rotatable bonds is 2. The molecule has 0 aliphatic carbocycles. The van der Waals surface area contributed by atoms with Gasteiger partial charge in [0.1, 0.15) is 5.75 Å². The molecule has 2 rings (SSSR count). The summed E-state index contributed by atoms with van der Waals surface area (Å²) < 4.78 is 0. The number of benzene rings is 1. The summed E-state index contributed by atoms with van der Waals surface area (Å²) in [5.41, 5.74) is 2.55. The Labute approximate surface area is 91.3 Å². The van der Waals surface area contributed by atoms with E-state index in [1.165, 1.54) is 24.0 Å². The molecule has 1 aromatic rings. The second-order valence-corrected chi connectivity index (χ2v) is 4.31. The molecule has 1 heterocycles. The van der Waals surface area contributed by atoms with Gasteiger partial charge < -0.3 is 10.4 Å². The lowest BCUT2D eigenvalue weighted by molar-refractivity contribution is 0.451. The lowest BCUT2D eigenvalue weighted by Gasteiger charge is -2.23. The molecule has 1 aromatic carbocycles. The Bertz CT molecular complexity index is 329. The van der Waals surface area contributed by atoms with Crippen LogP contribution in [0.25, 0.3) is 0 Å². The maximum atomic E-state index is 9.64. The fraction of sp³-hybridized carbons (Fsp3) is 0.538. The highest BCUT2D eigenvalue weighted by molar-refractivity contribution is 5.35. The monoisotopic (exact) mass is 205 g/mol. The van der Waals surface area contributed by atoms with Crippen molar-refractivity contribution >= 4 is 0 Å². The Morgan fingerprint density at radius 3 is 2.67 bits per heavy atom. The predicted molar refractivity (Wildman–Crippen MR) is 62.3 cm³/mol. The van der Waals surface area contributed by atoms with Crippen molar-refractivity contribution in [3.63, 3.8) is 0 Å². The van der Waals surface area contributed by atoms with Crippen LogP contribution < -0.4 is 5.32 Å². The first-order valence-corrected chi connectivity index (χ1v) is 5.83. The maximum Gasteiger partial charge on any atom is 0.116 e. The molecule has 1 fully saturated rings. The first kappa shape index (κ1) is 10.5. The Balaban J connectivity index is 2.22. The Kier molecular flexibility index (Phi) is 3.27. The van der Waals surface area contributed by atoms with Gasteiger partial charge in [0.15, 0.2) is 0 Å². The van der Waals surface area contributed by atoms with Gasteiger partial charge in [0.05, 0.1) is 0 Å². The zero-order valence-corrected chi connectivity index (χ0v) is 9.29. The van der Waals surface area contributed by atoms with E-state index in [4.69, 9.17) is 0 Å². The lowest BCUT2D eigenvalue weighted by Crippen LogP contribution is -2.26. The molecule has 0 bridgehead atoms. The van der Waals surface area contributed by atoms with Gasteiger partial charge in [0, 0.05) is 0 Å². The zero-order valence-electron chi connectivity index (χ0n) is 9.29. The van der Waals surface area contributed by atoms with Gasteiger partial charge in [0.2, 0.25) is 0 Å². The van der Waals surface area contributed by atoms with Crippen LogP contribution in [0.3, 0.4) is 0 Å². The van der Waals surface area contributed by atoms with E-state index in [0.29, 0.717) is 11.7 Å². The average molecular weight is 205 g/mol. The summed E-state index contributed by atoms with van der Waals surface area (Å²) in [4.78, 5) is 0. The highest BCUT2D eigenvalue weighted by Crippen LogP contribution is 2.28. The van der Waals surface area contributed by atoms with Crippen molar-refractivity contribution in [1.29, 1.82) is 0 Å². The van der Waals surface area contributed by atoms with E-state index in [1.807, 2.05) is 12.1 Å². The van der Waals surface area contributed by atoms with Gasteiger partial charge in [-0.1, -0.05) is 13.0 Å². The van der Waals surface area contributed by atoms with Gasteiger partial charge in [0.25, 0.3) is 0 Å². The van der Waals surface area contributed by atoms with Gasteiger partial charge >= 0.3 is 0 Å². The predicted octanol–water partition coefficient (Wildman–Crippen LogP) is 2.42. The van der Waals surface area contributed by atoms with Crippen molar-refractivity contribution in [2.45, 2.75) is 32.1 Å². The van der Waals surface area contributed by atoms with E-state index in [0.717, 1.165) is 19.5 Å². The minimum Gasteiger partial charge on any atom is -0.508 e. The highest BCUT2D eigenvalue weighted by atomic mass is 16.3. The van der Waals surface area contributed by atoms with Crippen LogP contribution in [0.5, 0.6) is 5.75 Å². The number of phenols is 1. The summed E-state index contributed by atoms with van der Waals surface area (Å²) in [6.07, 6.45) is 3.37. The van der Waals surface area contributed by atoms with Crippen LogP contribution in [0.15, 0.2) is 18.2 Å². The number of phenolic OH excluding ortho intramolecular Hbond substituents is 1. The molecule has 2 N–H and O–H groups in total. The molecular weight excluding hydrogens is 186 g/mol. The minimum absolute atomic E-state index is 0.419. The van der Waals surface area contributed by atoms with Crippen LogP contribution in [-0.4, -0.2) is 18.2 Å². The van der Waals surface area contributed by atoms with E-state index in [2.05, 4.69) is 18.3 Å². The molecule has 1 aliphatic heterocycles. The Morgan fingerprint density at radius 1 is 1.27 bits per heavy atom. The first-order chi connectivity index (χ1) is 7.29. The fourth-order valence-corrected chi connectivity index (χ4v) is 2.29. The third kappa shape index (κ3) is 2.51. The topological polar surface area (TPSA) is 32.3 Å². The van der Waals surface area contributed by atoms with Crippen LogP contribution in [0.2, 0.25) is 0 Å². The second-order valence-electron chi connectivity index (χ2n) is 4.31. The van der Waals surface area contributed by atoms with Crippen LogP contribution in [-0.2, 0) is 6.42 Å². The zero-order chi connectivity index (χ0) is 10.7. The SMILES string of the molecule is CCc1cc(O)cc(C2CCNCC2)c1. The molecule has 15 heavy (non-hydrogen) atoms. The fourth-order valence-electron chi connectivity index (χ4n) is 2.29. The Morgan fingerprint density at radius 2 is 2.00 bits per heavy atom. The standard InChI is InChI=1S/C13H19NO/c1-2-10-7-12(9-13(15)8-10)11-3-5-14-6-4-11/h7-9,11,14-15H,2-6H2,1H3. The molecule has 1 aliphatic rings. The molecule has 0 radical (unpaired) electrons. The number of hydrogen-bond acceptors (Lipinski definition) is 2. The summed E-state index contributed by atoms with van der Waals surface area (Å²) in [7, 11) is 0. The van der Waals surface area contributed by atoms with E-state index < -0.39 is 0 Å². The van der Waals surface area contributed by atoms with E-state index in [9.17, 15) is 5.11 Å². The van der Waals surface area contributed by atoms with Crippen LogP contribution in [0.1, 0.15) is 36.8 Å². The van der Waals surface area contributed by atoms with Gasteiger partial charge in [-0.2, -0.15) is 0 Å². The van der Waals surface area contributed by atoms with Crippen molar-refractivity contribution < 1.29 is 5.11 Å². The van der Waals surface area contributed by atoms with E-state index in [1.54, 1.807) is 0 Å². The third-order valence-electron chi connectivity index (χ3n) is 3.22. The van der Waals surface area contributed by atoms with E-state index in [-0.39, 0.29) is 0 Å². The summed E-state index contributed by atoms with van der Waals surface area (Å²) in [5, 5.41) is 13.0. The summed E-state index contributed by atoms with van der Waals surface area (Å²) in [6, 6.07) is 6.04. The largest absolute Gasteiger partial charge is 0.508 e. The molecule has 0 unspecified atom stereocenters. The van der Waals surface area contributed by atoms with Gasteiger partial charge in [-0.3, -0.25) is 0 Å². The average Bonchev–Trinajstić information content (AvgIpc) is 2.29. The van der Waals surface area contributed by atoms with Crippen molar-refractivity contribution in [2.75, 3.05) is 13.1 Å². The molecule has 2 nitrogen and oxygen atoms in total. The number of aromatic hydroxyl groups is 1. The van der Waals surface area contributed by atoms with Crippen molar-refractivity contribution in [1.82, 2.24) is 5.32 Å². The molecule has 0 aromatic heterocycles. The van der Waals surface area contributed by atoms with Crippen molar-refractivity contribution in [3.05, 3.63) is 29.3 Å². The van der Waals surface area contributed by atoms with Crippen LogP contribution in [0, 0.1) is 0 Å². The third-order valence-corrected chi connectivity index (χ3v) is 3.22. The number of aryl methyl sites for hydroxylation is 1. The maximum absolute atomic E-state index is 9.64. The molecule has 0 atom stereocenters. The highest BCUT2D eigenvalue weighted by Gasteiger charge is 2.15. The quantitative estimate of drug-likeness (QED) is 0.777. The normalized spacial score (nSPS) is 17.9. The summed E-state index contributed by atoms with van der Waals surface area (Å²) in [6.45, 7) is 4.32. The first-order valence-electron chi connectivity index (χ1n) is 5.83. The molecule has 82 valence electrons. The van der Waals surface area contributed by atoms with Crippen LogP contribution >= 0.6 is 0 Å². The summed E-state index contributed by atoms with van der Waals surface area (Å²) in [5.74, 6) is 1.05. The summed E-state index contributed by atoms with van der Waals surface area (Å²) >= 11 is 0. The smallest absolute Gasteiger partial charge is 0.116 e. The van der Waals surface area contributed by atoms with Crippen molar-refractivity contribution in [2.24, 2.45) is 0 Å². The lowest BCUT2D eigenvalue weighted by atomic mass is 9.89. The molecule has 0 saturated carbocycles. The molecular formula is C13H19NO. The van der Waals surface area contributed by atoms with Gasteiger partial charge in [-0.25, -0.2) is 0 Å². The molecule has 2 heteroatoms. The van der Waals surface area contributed by atoms with Crippen LogP contribution in [0.4, 0.5) is 0 Å². The second kappa shape index (κ2) is 4.67.